The van der Waals surface area contributed by atoms with Crippen molar-refractivity contribution in [2.24, 2.45) is 5.41 Å². The number of aliphatic hydroxyl groups is 1. The van der Waals surface area contributed by atoms with E-state index in [0.717, 1.165) is 12.8 Å². The number of hydrogen-bond acceptors (Lipinski definition) is 3. The zero-order chi connectivity index (χ0) is 16.2. The lowest BCUT2D eigenvalue weighted by molar-refractivity contribution is -0.123. The standard InChI is InChI=1S/C17H32N2O2/c1-7-15(20)18-14-9-8-10-17(6,11-14)16(21)19(12(2)3)13(4)5/h8,10,12-14,16,21H,7,9,11H2,1-6H3,(H,18,20)/t14?,16-,17?/m1/s1. The van der Waals surface area contributed by atoms with Crippen molar-refractivity contribution in [3.63, 3.8) is 0 Å². The fourth-order valence-corrected chi connectivity index (χ4v) is 3.32. The van der Waals surface area contributed by atoms with Gasteiger partial charge in [0.1, 0.15) is 6.23 Å². The van der Waals surface area contributed by atoms with Gasteiger partial charge < -0.3 is 10.4 Å². The number of aliphatic hydroxyl groups excluding tert-OH is 1. The third kappa shape index (κ3) is 4.55. The minimum Gasteiger partial charge on any atom is -0.377 e. The highest BCUT2D eigenvalue weighted by Gasteiger charge is 2.40. The second-order valence-corrected chi connectivity index (χ2v) is 6.97. The molecule has 0 aliphatic heterocycles. The summed E-state index contributed by atoms with van der Waals surface area (Å²) in [6.45, 7) is 12.4. The first-order valence-corrected chi connectivity index (χ1v) is 8.13. The summed E-state index contributed by atoms with van der Waals surface area (Å²) in [6, 6.07) is 0.662. The van der Waals surface area contributed by atoms with E-state index in [4.69, 9.17) is 0 Å². The number of carbonyl (C=O) groups excluding carboxylic acids is 1. The van der Waals surface area contributed by atoms with Gasteiger partial charge in [0.05, 0.1) is 0 Å². The van der Waals surface area contributed by atoms with Crippen molar-refractivity contribution in [1.29, 1.82) is 0 Å². The predicted molar refractivity (Wildman–Crippen MR) is 86.8 cm³/mol. The molecule has 4 nitrogen and oxygen atoms in total. The lowest BCUT2D eigenvalue weighted by Gasteiger charge is -2.46. The van der Waals surface area contributed by atoms with Crippen LogP contribution >= 0.6 is 0 Å². The number of hydrogen-bond donors (Lipinski definition) is 2. The van der Waals surface area contributed by atoms with Crippen molar-refractivity contribution >= 4 is 5.91 Å². The minimum absolute atomic E-state index is 0.0803. The highest BCUT2D eigenvalue weighted by Crippen LogP contribution is 2.37. The monoisotopic (exact) mass is 296 g/mol. The molecule has 0 saturated carbocycles. The Morgan fingerprint density at radius 1 is 1.38 bits per heavy atom. The molecule has 21 heavy (non-hydrogen) atoms. The summed E-state index contributed by atoms with van der Waals surface area (Å²) >= 11 is 0. The molecule has 0 radical (unpaired) electrons. The largest absolute Gasteiger partial charge is 0.377 e. The van der Waals surface area contributed by atoms with Crippen molar-refractivity contribution in [3.05, 3.63) is 12.2 Å². The second-order valence-electron chi connectivity index (χ2n) is 6.97. The zero-order valence-corrected chi connectivity index (χ0v) is 14.4. The molecular formula is C17H32N2O2. The van der Waals surface area contributed by atoms with Crippen LogP contribution < -0.4 is 5.32 Å². The topological polar surface area (TPSA) is 52.6 Å². The van der Waals surface area contributed by atoms with E-state index in [1.54, 1.807) is 0 Å². The Kier molecular flexibility index (Phi) is 6.41. The molecule has 0 saturated heterocycles. The Balaban J connectivity index is 2.86. The van der Waals surface area contributed by atoms with Gasteiger partial charge in [-0.05, 0) is 40.5 Å². The number of rotatable bonds is 6. The molecule has 2 N–H and O–H groups in total. The summed E-state index contributed by atoms with van der Waals surface area (Å²) in [6.07, 6.45) is 5.78. The molecule has 0 heterocycles. The first-order chi connectivity index (χ1) is 9.71. The van der Waals surface area contributed by atoms with Gasteiger partial charge in [-0.2, -0.15) is 0 Å². The maximum absolute atomic E-state index is 11.6. The molecule has 2 unspecified atom stereocenters. The fraction of sp³-hybridized carbons (Fsp3) is 0.824. The Labute approximate surface area is 129 Å². The van der Waals surface area contributed by atoms with E-state index in [2.05, 4.69) is 57.0 Å². The average molecular weight is 296 g/mol. The molecule has 1 rings (SSSR count). The van der Waals surface area contributed by atoms with Crippen molar-refractivity contribution in [1.82, 2.24) is 10.2 Å². The highest BCUT2D eigenvalue weighted by atomic mass is 16.3. The molecule has 0 bridgehead atoms. The van der Waals surface area contributed by atoms with Gasteiger partial charge in [0, 0.05) is 30.0 Å². The quantitative estimate of drug-likeness (QED) is 0.585. The maximum Gasteiger partial charge on any atom is 0.219 e. The molecule has 1 aliphatic carbocycles. The Morgan fingerprint density at radius 2 is 1.95 bits per heavy atom. The number of nitrogens with zero attached hydrogens (tertiary/aromatic N) is 1. The van der Waals surface area contributed by atoms with Gasteiger partial charge in [-0.15, -0.1) is 0 Å². The third-order valence-electron chi connectivity index (χ3n) is 4.36. The molecule has 3 atom stereocenters. The van der Waals surface area contributed by atoms with Crippen LogP contribution in [0.25, 0.3) is 0 Å². The lowest BCUT2D eigenvalue weighted by Crippen LogP contribution is -2.54. The van der Waals surface area contributed by atoms with Crippen LogP contribution in [0.3, 0.4) is 0 Å². The molecule has 0 spiro atoms. The fourth-order valence-electron chi connectivity index (χ4n) is 3.32. The van der Waals surface area contributed by atoms with Gasteiger partial charge in [0.2, 0.25) is 5.91 Å². The SMILES string of the molecule is CCC(=O)NC1CC=CC(C)([C@@H](O)N(C(C)C)C(C)C)C1. The Hall–Kier alpha value is -0.870. The molecule has 1 aliphatic rings. The first-order valence-electron chi connectivity index (χ1n) is 8.13. The Morgan fingerprint density at radius 3 is 2.43 bits per heavy atom. The van der Waals surface area contributed by atoms with Gasteiger partial charge in [-0.1, -0.05) is 26.0 Å². The normalized spacial score (nSPS) is 27.4. The minimum atomic E-state index is -0.546. The molecule has 1 amide bonds. The van der Waals surface area contributed by atoms with Crippen LogP contribution in [-0.4, -0.2) is 40.3 Å². The molecule has 0 fully saturated rings. The summed E-state index contributed by atoms with van der Waals surface area (Å²) in [7, 11) is 0. The summed E-state index contributed by atoms with van der Waals surface area (Å²) in [4.78, 5) is 13.7. The van der Waals surface area contributed by atoms with E-state index in [1.807, 2.05) is 6.92 Å². The maximum atomic E-state index is 11.6. The lowest BCUT2D eigenvalue weighted by atomic mass is 9.76. The highest BCUT2D eigenvalue weighted by molar-refractivity contribution is 5.75. The molecule has 0 aromatic carbocycles. The predicted octanol–water partition coefficient (Wildman–Crippen LogP) is 2.67. The van der Waals surface area contributed by atoms with Crippen LogP contribution in [0.1, 0.15) is 60.8 Å². The van der Waals surface area contributed by atoms with E-state index in [0.29, 0.717) is 6.42 Å². The van der Waals surface area contributed by atoms with Crippen LogP contribution in [-0.2, 0) is 4.79 Å². The van der Waals surface area contributed by atoms with Crippen molar-refractivity contribution in [2.75, 3.05) is 0 Å². The first kappa shape index (κ1) is 18.2. The van der Waals surface area contributed by atoms with Crippen LogP contribution in [0.15, 0.2) is 12.2 Å². The molecule has 122 valence electrons. The zero-order valence-electron chi connectivity index (χ0n) is 14.4. The van der Waals surface area contributed by atoms with Gasteiger partial charge in [0.15, 0.2) is 0 Å². The van der Waals surface area contributed by atoms with Crippen molar-refractivity contribution < 1.29 is 9.90 Å². The summed E-state index contributed by atoms with van der Waals surface area (Å²) in [5.41, 5.74) is -0.335. The van der Waals surface area contributed by atoms with E-state index in [9.17, 15) is 9.90 Å². The molecule has 4 heteroatoms. The smallest absolute Gasteiger partial charge is 0.219 e. The number of amides is 1. The van der Waals surface area contributed by atoms with Crippen molar-refractivity contribution in [2.45, 2.75) is 85.2 Å². The van der Waals surface area contributed by atoms with Gasteiger partial charge in [0.25, 0.3) is 0 Å². The van der Waals surface area contributed by atoms with E-state index in [1.165, 1.54) is 0 Å². The van der Waals surface area contributed by atoms with Gasteiger partial charge in [-0.3, -0.25) is 9.69 Å². The van der Waals surface area contributed by atoms with Crippen LogP contribution in [0.4, 0.5) is 0 Å². The average Bonchev–Trinajstić information content (AvgIpc) is 2.37. The van der Waals surface area contributed by atoms with Gasteiger partial charge in [-0.25, -0.2) is 0 Å². The Bertz CT molecular complexity index is 371. The summed E-state index contributed by atoms with van der Waals surface area (Å²) in [5.74, 6) is 0.0803. The second kappa shape index (κ2) is 7.41. The van der Waals surface area contributed by atoms with Gasteiger partial charge >= 0.3 is 0 Å². The third-order valence-corrected chi connectivity index (χ3v) is 4.36. The molecule has 0 aromatic heterocycles. The van der Waals surface area contributed by atoms with Crippen LogP contribution in [0, 0.1) is 5.41 Å². The van der Waals surface area contributed by atoms with Crippen molar-refractivity contribution in [3.8, 4) is 0 Å². The van der Waals surface area contributed by atoms with E-state index >= 15 is 0 Å². The van der Waals surface area contributed by atoms with E-state index < -0.39 is 6.23 Å². The molecule has 0 aromatic rings. The van der Waals surface area contributed by atoms with Crippen LogP contribution in [0.2, 0.25) is 0 Å². The summed E-state index contributed by atoms with van der Waals surface area (Å²) < 4.78 is 0. The summed E-state index contributed by atoms with van der Waals surface area (Å²) in [5, 5.41) is 14.0. The number of carbonyl (C=O) groups is 1. The number of nitrogens with one attached hydrogen (secondary N) is 1. The van der Waals surface area contributed by atoms with E-state index in [-0.39, 0.29) is 29.4 Å². The molecular weight excluding hydrogens is 264 g/mol. The van der Waals surface area contributed by atoms with Crippen LogP contribution in [0.5, 0.6) is 0 Å².